The van der Waals surface area contributed by atoms with Gasteiger partial charge in [-0.05, 0) is 38.1 Å². The summed E-state index contributed by atoms with van der Waals surface area (Å²) in [5, 5.41) is 15.1. The maximum atomic E-state index is 9.24. The van der Waals surface area contributed by atoms with Gasteiger partial charge in [0.1, 0.15) is 0 Å². The van der Waals surface area contributed by atoms with Crippen LogP contribution in [0.1, 0.15) is 25.3 Å². The molecule has 0 spiro atoms. The first-order valence-corrected chi connectivity index (χ1v) is 7.72. The zero-order valence-electron chi connectivity index (χ0n) is 12.5. The molecule has 2 aromatic rings. The Hall–Kier alpha value is -2.05. The van der Waals surface area contributed by atoms with Gasteiger partial charge < -0.3 is 10.2 Å². The summed E-state index contributed by atoms with van der Waals surface area (Å²) in [5.74, 6) is 0. The highest BCUT2D eigenvalue weighted by atomic mass is 15.2. The van der Waals surface area contributed by atoms with Crippen LogP contribution in [0.5, 0.6) is 0 Å². The Morgan fingerprint density at radius 2 is 2.05 bits per heavy atom. The van der Waals surface area contributed by atoms with Gasteiger partial charge in [-0.2, -0.15) is 5.26 Å². The second-order valence-electron chi connectivity index (χ2n) is 5.69. The number of nitrogens with zero attached hydrogens (tertiary/aromatic N) is 2. The van der Waals surface area contributed by atoms with Crippen LogP contribution in [0.2, 0.25) is 0 Å². The number of likely N-dealkylation sites (N-methyl/N-ethyl adjacent to an activating group) is 1. The molecule has 1 atom stereocenters. The van der Waals surface area contributed by atoms with Crippen molar-refractivity contribution in [1.29, 1.82) is 5.26 Å². The molecule has 1 fully saturated rings. The lowest BCUT2D eigenvalue weighted by Crippen LogP contribution is -2.41. The number of hydrogen-bond acceptors (Lipinski definition) is 3. The predicted octanol–water partition coefficient (Wildman–Crippen LogP) is 3.61. The van der Waals surface area contributed by atoms with Crippen molar-refractivity contribution in [2.24, 2.45) is 0 Å². The Bertz CT molecular complexity index is 672. The summed E-state index contributed by atoms with van der Waals surface area (Å²) in [7, 11) is 0. The molecule has 2 aromatic carbocycles. The van der Waals surface area contributed by atoms with Crippen molar-refractivity contribution in [1.82, 2.24) is 4.90 Å². The van der Waals surface area contributed by atoms with E-state index in [0.29, 0.717) is 6.04 Å². The molecule has 3 rings (SSSR count). The fourth-order valence-electron chi connectivity index (χ4n) is 3.20. The van der Waals surface area contributed by atoms with E-state index in [9.17, 15) is 5.26 Å². The van der Waals surface area contributed by atoms with Crippen molar-refractivity contribution >= 4 is 16.5 Å². The molecule has 0 aromatic heterocycles. The van der Waals surface area contributed by atoms with Crippen LogP contribution < -0.4 is 5.32 Å². The smallest absolute Gasteiger partial charge is 0.0998 e. The number of nitriles is 1. The van der Waals surface area contributed by atoms with E-state index in [1.807, 2.05) is 30.3 Å². The number of anilines is 1. The molecule has 21 heavy (non-hydrogen) atoms. The first-order valence-electron chi connectivity index (χ1n) is 7.72. The van der Waals surface area contributed by atoms with Crippen LogP contribution in [0.4, 0.5) is 5.69 Å². The molecule has 1 aliphatic rings. The van der Waals surface area contributed by atoms with Crippen LogP contribution in [0, 0.1) is 11.3 Å². The number of hydrogen-bond donors (Lipinski definition) is 1. The third-order valence-corrected chi connectivity index (χ3v) is 4.36. The molecule has 1 aliphatic heterocycles. The molecule has 0 aliphatic carbocycles. The van der Waals surface area contributed by atoms with Crippen LogP contribution in [-0.4, -0.2) is 30.6 Å². The van der Waals surface area contributed by atoms with E-state index in [2.05, 4.69) is 29.3 Å². The van der Waals surface area contributed by atoms with Gasteiger partial charge in [-0.1, -0.05) is 31.2 Å². The van der Waals surface area contributed by atoms with Crippen molar-refractivity contribution in [3.05, 3.63) is 42.0 Å². The predicted molar refractivity (Wildman–Crippen MR) is 87.4 cm³/mol. The van der Waals surface area contributed by atoms with Crippen molar-refractivity contribution in [2.45, 2.75) is 25.8 Å². The topological polar surface area (TPSA) is 39.1 Å². The van der Waals surface area contributed by atoms with E-state index < -0.39 is 0 Å². The Labute approximate surface area is 126 Å². The summed E-state index contributed by atoms with van der Waals surface area (Å²) in [6.45, 7) is 5.65. The number of likely N-dealkylation sites (tertiary alicyclic amines) is 1. The third-order valence-electron chi connectivity index (χ3n) is 4.36. The summed E-state index contributed by atoms with van der Waals surface area (Å²) >= 11 is 0. The van der Waals surface area contributed by atoms with Gasteiger partial charge >= 0.3 is 0 Å². The van der Waals surface area contributed by atoms with Crippen molar-refractivity contribution in [3.63, 3.8) is 0 Å². The highest BCUT2D eigenvalue weighted by molar-refractivity contribution is 5.97. The number of fused-ring (bicyclic) bond motifs is 1. The van der Waals surface area contributed by atoms with Gasteiger partial charge in [-0.15, -0.1) is 0 Å². The average Bonchev–Trinajstić information content (AvgIpc) is 2.55. The maximum Gasteiger partial charge on any atom is 0.0998 e. The number of nitrogens with one attached hydrogen (secondary N) is 1. The van der Waals surface area contributed by atoms with Gasteiger partial charge in [-0.3, -0.25) is 0 Å². The van der Waals surface area contributed by atoms with E-state index in [0.717, 1.165) is 35.1 Å². The van der Waals surface area contributed by atoms with E-state index in [1.165, 1.54) is 19.4 Å². The minimum Gasteiger partial charge on any atom is -0.381 e. The Morgan fingerprint density at radius 3 is 2.81 bits per heavy atom. The van der Waals surface area contributed by atoms with E-state index in [-0.39, 0.29) is 0 Å². The number of piperidine rings is 1. The molecule has 1 N–H and O–H groups in total. The zero-order valence-corrected chi connectivity index (χ0v) is 12.5. The Balaban J connectivity index is 1.89. The Kier molecular flexibility index (Phi) is 4.08. The normalized spacial score (nSPS) is 19.3. The molecule has 1 unspecified atom stereocenters. The first kappa shape index (κ1) is 13.9. The number of benzene rings is 2. The van der Waals surface area contributed by atoms with Crippen LogP contribution in [0.25, 0.3) is 10.8 Å². The van der Waals surface area contributed by atoms with E-state index in [4.69, 9.17) is 0 Å². The minimum atomic E-state index is 0.495. The van der Waals surface area contributed by atoms with Crippen molar-refractivity contribution in [3.8, 4) is 6.07 Å². The molecule has 0 radical (unpaired) electrons. The van der Waals surface area contributed by atoms with Gasteiger partial charge in [0.2, 0.25) is 0 Å². The SMILES string of the molecule is CCN1CCCC(Nc2ccc(C#N)c3ccccc23)C1. The summed E-state index contributed by atoms with van der Waals surface area (Å²) in [5.41, 5.74) is 1.89. The van der Waals surface area contributed by atoms with E-state index >= 15 is 0 Å². The summed E-state index contributed by atoms with van der Waals surface area (Å²) in [6.07, 6.45) is 2.46. The molecule has 1 heterocycles. The summed E-state index contributed by atoms with van der Waals surface area (Å²) in [4.78, 5) is 2.49. The van der Waals surface area contributed by atoms with Crippen molar-refractivity contribution < 1.29 is 0 Å². The van der Waals surface area contributed by atoms with Gasteiger partial charge in [0.25, 0.3) is 0 Å². The van der Waals surface area contributed by atoms with Gasteiger partial charge in [0.15, 0.2) is 0 Å². The van der Waals surface area contributed by atoms with E-state index in [1.54, 1.807) is 0 Å². The quantitative estimate of drug-likeness (QED) is 0.933. The molecule has 3 heteroatoms. The molecule has 108 valence electrons. The lowest BCUT2D eigenvalue weighted by molar-refractivity contribution is 0.227. The second kappa shape index (κ2) is 6.15. The van der Waals surface area contributed by atoms with Gasteiger partial charge in [0, 0.05) is 29.0 Å². The highest BCUT2D eigenvalue weighted by Crippen LogP contribution is 2.28. The highest BCUT2D eigenvalue weighted by Gasteiger charge is 2.19. The van der Waals surface area contributed by atoms with Gasteiger partial charge in [-0.25, -0.2) is 0 Å². The zero-order chi connectivity index (χ0) is 14.7. The second-order valence-corrected chi connectivity index (χ2v) is 5.69. The van der Waals surface area contributed by atoms with Crippen LogP contribution in [0.15, 0.2) is 36.4 Å². The molecule has 1 saturated heterocycles. The fourth-order valence-corrected chi connectivity index (χ4v) is 3.20. The molecular weight excluding hydrogens is 258 g/mol. The van der Waals surface area contributed by atoms with Crippen molar-refractivity contribution in [2.75, 3.05) is 25.0 Å². The lowest BCUT2D eigenvalue weighted by atomic mass is 10.0. The standard InChI is InChI=1S/C18H21N3/c1-2-21-11-5-6-15(13-21)20-18-10-9-14(12-19)16-7-3-4-8-17(16)18/h3-4,7-10,15,20H,2,5-6,11,13H2,1H3. The first-order chi connectivity index (χ1) is 10.3. The van der Waals surface area contributed by atoms with Crippen LogP contribution in [0.3, 0.4) is 0 Å². The van der Waals surface area contributed by atoms with Crippen LogP contribution >= 0.6 is 0 Å². The summed E-state index contributed by atoms with van der Waals surface area (Å²) in [6, 6.07) is 14.9. The largest absolute Gasteiger partial charge is 0.381 e. The lowest BCUT2D eigenvalue weighted by Gasteiger charge is -2.33. The monoisotopic (exact) mass is 279 g/mol. The van der Waals surface area contributed by atoms with Crippen LogP contribution in [-0.2, 0) is 0 Å². The third kappa shape index (κ3) is 2.86. The maximum absolute atomic E-state index is 9.24. The fraction of sp³-hybridized carbons (Fsp3) is 0.389. The molecular formula is C18H21N3. The molecule has 0 bridgehead atoms. The number of rotatable bonds is 3. The summed E-state index contributed by atoms with van der Waals surface area (Å²) < 4.78 is 0. The Morgan fingerprint density at radius 1 is 1.24 bits per heavy atom. The molecule has 3 nitrogen and oxygen atoms in total. The average molecular weight is 279 g/mol. The molecule has 0 amide bonds. The molecule has 0 saturated carbocycles. The minimum absolute atomic E-state index is 0.495. The van der Waals surface area contributed by atoms with Gasteiger partial charge in [0.05, 0.1) is 11.6 Å².